The summed E-state index contributed by atoms with van der Waals surface area (Å²) >= 11 is 4.13. The van der Waals surface area contributed by atoms with E-state index in [0.29, 0.717) is 23.6 Å². The van der Waals surface area contributed by atoms with Crippen LogP contribution in [0.5, 0.6) is 5.75 Å². The predicted octanol–water partition coefficient (Wildman–Crippen LogP) is 4.76. The van der Waals surface area contributed by atoms with E-state index in [1.165, 1.54) is 0 Å². The summed E-state index contributed by atoms with van der Waals surface area (Å²) in [6, 6.07) is 14.1. The fraction of sp³-hybridized carbons (Fsp3) is 0.364. The van der Waals surface area contributed by atoms with Crippen molar-refractivity contribution in [3.8, 4) is 5.75 Å². The number of thiol groups is 1. The minimum absolute atomic E-state index is 0.343. The molecule has 0 bridgehead atoms. The number of primary amides is 1. The van der Waals surface area contributed by atoms with Crippen LogP contribution < -0.4 is 20.1 Å². The molecule has 162 valence electrons. The van der Waals surface area contributed by atoms with E-state index in [9.17, 15) is 9.59 Å². The highest BCUT2D eigenvalue weighted by Crippen LogP contribution is 2.35. The minimum atomic E-state index is -0.878. The van der Waals surface area contributed by atoms with Gasteiger partial charge in [0.15, 0.2) is 0 Å². The Morgan fingerprint density at radius 1 is 1.07 bits per heavy atom. The Kier molecular flexibility index (Phi) is 7.25. The number of nitrogens with zero attached hydrogens (tertiary/aromatic N) is 1. The summed E-state index contributed by atoms with van der Waals surface area (Å²) in [4.78, 5) is 23.9. The summed E-state index contributed by atoms with van der Waals surface area (Å²) in [5.41, 5.74) is 5.92. The van der Waals surface area contributed by atoms with Crippen molar-refractivity contribution < 1.29 is 19.1 Å². The van der Waals surface area contributed by atoms with Crippen LogP contribution in [0.3, 0.4) is 0 Å². The van der Waals surface area contributed by atoms with Crippen molar-refractivity contribution >= 4 is 30.6 Å². The van der Waals surface area contributed by atoms with Crippen molar-refractivity contribution in [1.29, 1.82) is 0 Å². The number of alkyl carbamates (subject to hydrolysis) is 1. The average molecular weight is 432 g/mol. The van der Waals surface area contributed by atoms with Gasteiger partial charge in [0.05, 0.1) is 11.2 Å². The Bertz CT molecular complexity index is 895. The van der Waals surface area contributed by atoms with E-state index in [0.717, 1.165) is 9.87 Å². The number of hydrogen-bond donors (Lipinski definition) is 3. The fourth-order valence-corrected chi connectivity index (χ4v) is 2.88. The third-order valence-electron chi connectivity index (χ3n) is 4.14. The van der Waals surface area contributed by atoms with E-state index >= 15 is 0 Å². The molecule has 0 aromatic heterocycles. The molecule has 30 heavy (non-hydrogen) atoms. The van der Waals surface area contributed by atoms with Crippen LogP contribution in [-0.4, -0.2) is 17.7 Å². The fourth-order valence-electron chi connectivity index (χ4n) is 2.75. The summed E-state index contributed by atoms with van der Waals surface area (Å²) in [5, 5.41) is 2.86. The largest absolute Gasteiger partial charge is 0.489 e. The van der Waals surface area contributed by atoms with Crippen molar-refractivity contribution in [1.82, 2.24) is 5.32 Å². The summed E-state index contributed by atoms with van der Waals surface area (Å²) < 4.78 is 12.4. The molecular weight excluding hydrogens is 402 g/mol. The van der Waals surface area contributed by atoms with Gasteiger partial charge in [-0.1, -0.05) is 43.1 Å². The molecule has 0 atom stereocenters. The van der Waals surface area contributed by atoms with E-state index in [1.807, 2.05) is 44.2 Å². The summed E-state index contributed by atoms with van der Waals surface area (Å²) in [7, 11) is 0. The van der Waals surface area contributed by atoms with Gasteiger partial charge in [-0.25, -0.2) is 13.9 Å². The van der Waals surface area contributed by atoms with Crippen LogP contribution in [0.25, 0.3) is 0 Å². The van der Waals surface area contributed by atoms with E-state index < -0.39 is 23.3 Å². The lowest BCUT2D eigenvalue weighted by Gasteiger charge is -2.31. The molecule has 2 aromatic carbocycles. The molecule has 0 fully saturated rings. The second kappa shape index (κ2) is 9.30. The molecule has 3 N–H and O–H groups in total. The van der Waals surface area contributed by atoms with Crippen molar-refractivity contribution in [2.45, 2.75) is 52.4 Å². The molecule has 0 spiro atoms. The van der Waals surface area contributed by atoms with E-state index in [-0.39, 0.29) is 0 Å². The van der Waals surface area contributed by atoms with Gasteiger partial charge in [-0.3, -0.25) is 0 Å². The van der Waals surface area contributed by atoms with Crippen LogP contribution in [0, 0.1) is 0 Å². The van der Waals surface area contributed by atoms with Gasteiger partial charge in [-0.15, -0.1) is 0 Å². The van der Waals surface area contributed by atoms with Crippen molar-refractivity contribution in [2.24, 2.45) is 5.73 Å². The lowest BCUT2D eigenvalue weighted by Crippen LogP contribution is -2.44. The Balaban J connectivity index is 2.36. The normalized spacial score (nSPS) is 11.5. The van der Waals surface area contributed by atoms with Crippen molar-refractivity contribution in [3.05, 3.63) is 59.7 Å². The Morgan fingerprint density at radius 3 is 2.27 bits per heavy atom. The molecule has 0 radical (unpaired) electrons. The molecule has 0 aliphatic heterocycles. The molecule has 8 heteroatoms. The third-order valence-corrected chi connectivity index (χ3v) is 4.57. The van der Waals surface area contributed by atoms with Gasteiger partial charge in [0, 0.05) is 5.56 Å². The zero-order valence-electron chi connectivity index (χ0n) is 17.9. The number of nitrogens with two attached hydrogens (primary N) is 1. The van der Waals surface area contributed by atoms with Crippen LogP contribution >= 0.6 is 12.8 Å². The number of urea groups is 1. The molecule has 7 nitrogen and oxygen atoms in total. The number of hydrogen-bond acceptors (Lipinski definition) is 5. The van der Waals surface area contributed by atoms with Crippen LogP contribution in [0.15, 0.2) is 48.5 Å². The van der Waals surface area contributed by atoms with Crippen LogP contribution in [0.4, 0.5) is 15.3 Å². The molecule has 0 heterocycles. The lowest BCUT2D eigenvalue weighted by atomic mass is 9.93. The van der Waals surface area contributed by atoms with Gasteiger partial charge in [0.1, 0.15) is 18.0 Å². The molecule has 2 aromatic rings. The van der Waals surface area contributed by atoms with Crippen molar-refractivity contribution in [3.63, 3.8) is 0 Å². The maximum absolute atomic E-state index is 12.4. The smallest absolute Gasteiger partial charge is 0.408 e. The molecule has 0 aliphatic rings. The average Bonchev–Trinajstić information content (AvgIpc) is 2.64. The number of carbonyl (C=O) groups is 2. The van der Waals surface area contributed by atoms with Crippen LogP contribution in [-0.2, 0) is 16.9 Å². The number of nitrogens with one attached hydrogen (secondary N) is 1. The van der Waals surface area contributed by atoms with Crippen LogP contribution in [0.1, 0.15) is 45.7 Å². The summed E-state index contributed by atoms with van der Waals surface area (Å²) in [5.74, 6) is 0.551. The molecule has 0 saturated heterocycles. The van der Waals surface area contributed by atoms with Crippen LogP contribution in [0.2, 0.25) is 0 Å². The van der Waals surface area contributed by atoms with Gasteiger partial charge in [0.25, 0.3) is 0 Å². The quantitative estimate of drug-likeness (QED) is 0.575. The molecule has 0 aliphatic carbocycles. The maximum Gasteiger partial charge on any atom is 0.408 e. The van der Waals surface area contributed by atoms with Crippen molar-refractivity contribution in [2.75, 3.05) is 4.31 Å². The van der Waals surface area contributed by atoms with E-state index in [1.54, 1.807) is 39.0 Å². The minimum Gasteiger partial charge on any atom is -0.489 e. The number of ether oxygens (including phenoxy) is 2. The number of amides is 3. The third kappa shape index (κ3) is 6.59. The zero-order chi connectivity index (χ0) is 22.5. The highest BCUT2D eigenvalue weighted by Gasteiger charge is 2.30. The first-order chi connectivity index (χ1) is 13.9. The first-order valence-corrected chi connectivity index (χ1v) is 9.90. The standard InChI is InChI=1S/C22H29N3O4S/c1-21(2,3)29-20(27)24-22(4,5)17-13-16(25(30)19(23)26)11-12-18(17)28-14-15-9-7-6-8-10-15/h6-13,30H,14H2,1-5H3,(H2,23,26)(H,24,27). The Morgan fingerprint density at radius 2 is 1.70 bits per heavy atom. The monoisotopic (exact) mass is 431 g/mol. The predicted molar refractivity (Wildman–Crippen MR) is 121 cm³/mol. The second-order valence-corrected chi connectivity index (χ2v) is 8.76. The number of benzene rings is 2. The SMILES string of the molecule is CC(C)(C)OC(=O)NC(C)(C)c1cc(N(S)C(N)=O)ccc1OCc1ccccc1. The lowest BCUT2D eigenvalue weighted by molar-refractivity contribution is 0.0469. The first-order valence-electron chi connectivity index (χ1n) is 9.50. The molecular formula is C22H29N3O4S. The van der Waals surface area contributed by atoms with Gasteiger partial charge in [-0.05, 0) is 58.4 Å². The summed E-state index contributed by atoms with van der Waals surface area (Å²) in [6.45, 7) is 9.36. The van der Waals surface area contributed by atoms with Gasteiger partial charge in [-0.2, -0.15) is 0 Å². The van der Waals surface area contributed by atoms with Gasteiger partial charge < -0.3 is 20.5 Å². The molecule has 0 unspecified atom stereocenters. The molecule has 0 saturated carbocycles. The van der Waals surface area contributed by atoms with E-state index in [2.05, 4.69) is 18.1 Å². The summed E-state index contributed by atoms with van der Waals surface area (Å²) in [6.07, 6.45) is -0.565. The highest BCUT2D eigenvalue weighted by atomic mass is 32.1. The molecule has 2 rings (SSSR count). The Labute approximate surface area is 183 Å². The van der Waals surface area contributed by atoms with Gasteiger partial charge >= 0.3 is 12.1 Å². The first kappa shape index (κ1) is 23.4. The second-order valence-electron chi connectivity index (χ2n) is 8.36. The number of carbonyl (C=O) groups excluding carboxylic acids is 2. The highest BCUT2D eigenvalue weighted by molar-refractivity contribution is 7.82. The maximum atomic E-state index is 12.4. The number of rotatable bonds is 6. The topological polar surface area (TPSA) is 93.9 Å². The Hall–Kier alpha value is -2.87. The number of anilines is 1. The van der Waals surface area contributed by atoms with E-state index in [4.69, 9.17) is 15.2 Å². The molecule has 3 amide bonds. The zero-order valence-corrected chi connectivity index (χ0v) is 18.8. The van der Waals surface area contributed by atoms with Gasteiger partial charge in [0.2, 0.25) is 0 Å².